The van der Waals surface area contributed by atoms with E-state index in [2.05, 4.69) is 33.5 Å². The van der Waals surface area contributed by atoms with Gasteiger partial charge in [-0.2, -0.15) is 0 Å². The highest BCUT2D eigenvalue weighted by Crippen LogP contribution is 2.33. The maximum atomic E-state index is 11.6. The lowest BCUT2D eigenvalue weighted by Gasteiger charge is -2.24. The SMILES string of the molecule is COC(=O)c1ccc(CN2CCCC2c2nncn2CC(C)C)s1. The van der Waals surface area contributed by atoms with E-state index in [0.717, 1.165) is 38.3 Å². The monoisotopic (exact) mass is 348 g/mol. The average molecular weight is 348 g/mol. The van der Waals surface area contributed by atoms with E-state index in [4.69, 9.17) is 4.74 Å². The van der Waals surface area contributed by atoms with Gasteiger partial charge in [0.05, 0.1) is 13.2 Å². The summed E-state index contributed by atoms with van der Waals surface area (Å²) in [5.41, 5.74) is 0. The van der Waals surface area contributed by atoms with Gasteiger partial charge >= 0.3 is 5.97 Å². The summed E-state index contributed by atoms with van der Waals surface area (Å²) < 4.78 is 6.97. The van der Waals surface area contributed by atoms with E-state index in [-0.39, 0.29) is 5.97 Å². The quantitative estimate of drug-likeness (QED) is 0.751. The number of thiophene rings is 1. The van der Waals surface area contributed by atoms with Crippen LogP contribution in [0.15, 0.2) is 18.5 Å². The molecule has 1 fully saturated rings. The van der Waals surface area contributed by atoms with Crippen molar-refractivity contribution in [3.63, 3.8) is 0 Å². The highest BCUT2D eigenvalue weighted by molar-refractivity contribution is 7.13. The third kappa shape index (κ3) is 3.67. The van der Waals surface area contributed by atoms with Crippen molar-refractivity contribution in [2.45, 2.75) is 45.8 Å². The second-order valence-electron chi connectivity index (χ2n) is 6.62. The molecule has 6 nitrogen and oxygen atoms in total. The Morgan fingerprint density at radius 1 is 1.46 bits per heavy atom. The van der Waals surface area contributed by atoms with Gasteiger partial charge in [0.1, 0.15) is 17.0 Å². The molecule has 0 aromatic carbocycles. The van der Waals surface area contributed by atoms with Crippen molar-refractivity contribution in [3.05, 3.63) is 34.0 Å². The molecular weight excluding hydrogens is 324 g/mol. The molecule has 2 aromatic heterocycles. The fourth-order valence-corrected chi connectivity index (χ4v) is 4.19. The van der Waals surface area contributed by atoms with Gasteiger partial charge in [-0.05, 0) is 37.4 Å². The Kier molecular flexibility index (Phi) is 5.30. The Bertz CT molecular complexity index is 694. The van der Waals surface area contributed by atoms with Crippen LogP contribution in [0.25, 0.3) is 0 Å². The highest BCUT2D eigenvalue weighted by Gasteiger charge is 2.30. The lowest BCUT2D eigenvalue weighted by Crippen LogP contribution is -2.25. The maximum absolute atomic E-state index is 11.6. The van der Waals surface area contributed by atoms with E-state index in [1.165, 1.54) is 23.3 Å². The number of ether oxygens (including phenoxy) is 1. The molecule has 3 heterocycles. The van der Waals surface area contributed by atoms with E-state index in [9.17, 15) is 4.79 Å². The number of rotatable bonds is 6. The van der Waals surface area contributed by atoms with Gasteiger partial charge in [0.2, 0.25) is 0 Å². The van der Waals surface area contributed by atoms with Crippen LogP contribution in [0.5, 0.6) is 0 Å². The third-order valence-corrected chi connectivity index (χ3v) is 5.33. The molecule has 1 aliphatic rings. The van der Waals surface area contributed by atoms with E-state index >= 15 is 0 Å². The van der Waals surface area contributed by atoms with Crippen molar-refractivity contribution < 1.29 is 9.53 Å². The fraction of sp³-hybridized carbons (Fsp3) is 0.588. The highest BCUT2D eigenvalue weighted by atomic mass is 32.1. The summed E-state index contributed by atoms with van der Waals surface area (Å²) in [5, 5.41) is 8.52. The Morgan fingerprint density at radius 2 is 2.29 bits per heavy atom. The number of esters is 1. The molecular formula is C17H24N4O2S. The molecule has 1 aliphatic heterocycles. The van der Waals surface area contributed by atoms with Gasteiger partial charge in [-0.1, -0.05) is 13.8 Å². The van der Waals surface area contributed by atoms with Crippen LogP contribution in [0, 0.1) is 5.92 Å². The molecule has 0 N–H and O–H groups in total. The van der Waals surface area contributed by atoms with Crippen LogP contribution in [-0.2, 0) is 17.8 Å². The predicted octanol–water partition coefficient (Wildman–Crippen LogP) is 3.12. The summed E-state index contributed by atoms with van der Waals surface area (Å²) >= 11 is 1.51. The first-order valence-corrected chi connectivity index (χ1v) is 9.19. The predicted molar refractivity (Wildman–Crippen MR) is 92.9 cm³/mol. The molecule has 3 rings (SSSR count). The van der Waals surface area contributed by atoms with Crippen LogP contribution < -0.4 is 0 Å². The Balaban J connectivity index is 1.73. The summed E-state index contributed by atoms with van der Waals surface area (Å²) in [4.78, 5) is 15.9. The lowest BCUT2D eigenvalue weighted by molar-refractivity contribution is 0.0606. The minimum Gasteiger partial charge on any atom is -0.465 e. The second kappa shape index (κ2) is 7.44. The van der Waals surface area contributed by atoms with Gasteiger partial charge in [0, 0.05) is 18.0 Å². The van der Waals surface area contributed by atoms with E-state index in [1.54, 1.807) is 0 Å². The molecule has 0 spiro atoms. The van der Waals surface area contributed by atoms with Crippen LogP contribution in [0.1, 0.15) is 53.1 Å². The van der Waals surface area contributed by atoms with Crippen LogP contribution in [-0.4, -0.2) is 39.3 Å². The van der Waals surface area contributed by atoms with Crippen molar-refractivity contribution in [2.75, 3.05) is 13.7 Å². The first-order chi connectivity index (χ1) is 11.6. The molecule has 130 valence electrons. The number of nitrogens with zero attached hydrogens (tertiary/aromatic N) is 4. The standard InChI is InChI=1S/C17H24N4O2S/c1-12(2)9-21-11-18-19-16(21)14-5-4-8-20(14)10-13-6-7-15(24-13)17(22)23-3/h6-7,11-12,14H,4-5,8-10H2,1-3H3. The Labute approximate surface area is 146 Å². The van der Waals surface area contributed by atoms with Crippen molar-refractivity contribution in [1.29, 1.82) is 0 Å². The van der Waals surface area contributed by atoms with Crippen molar-refractivity contribution in [3.8, 4) is 0 Å². The van der Waals surface area contributed by atoms with Gasteiger partial charge in [0.25, 0.3) is 0 Å². The first-order valence-electron chi connectivity index (χ1n) is 8.37. The summed E-state index contributed by atoms with van der Waals surface area (Å²) in [5.74, 6) is 1.36. The molecule has 0 aliphatic carbocycles. The molecule has 0 radical (unpaired) electrons. The summed E-state index contributed by atoms with van der Waals surface area (Å²) in [6.07, 6.45) is 4.10. The number of carbonyl (C=O) groups excluding carboxylic acids is 1. The molecule has 2 aromatic rings. The molecule has 24 heavy (non-hydrogen) atoms. The topological polar surface area (TPSA) is 60.2 Å². The van der Waals surface area contributed by atoms with Crippen molar-refractivity contribution in [2.24, 2.45) is 5.92 Å². The second-order valence-corrected chi connectivity index (χ2v) is 7.79. The third-order valence-electron chi connectivity index (χ3n) is 4.28. The van der Waals surface area contributed by atoms with Gasteiger partial charge in [-0.25, -0.2) is 4.79 Å². The zero-order valence-corrected chi connectivity index (χ0v) is 15.3. The van der Waals surface area contributed by atoms with E-state index in [1.807, 2.05) is 18.5 Å². The Morgan fingerprint density at radius 3 is 3.04 bits per heavy atom. The smallest absolute Gasteiger partial charge is 0.348 e. The molecule has 0 saturated carbocycles. The number of aromatic nitrogens is 3. The van der Waals surface area contributed by atoms with Gasteiger partial charge in [-0.15, -0.1) is 21.5 Å². The molecule has 1 atom stereocenters. The Hall–Kier alpha value is -1.73. The van der Waals surface area contributed by atoms with Gasteiger partial charge in [-0.3, -0.25) is 4.90 Å². The maximum Gasteiger partial charge on any atom is 0.348 e. The van der Waals surface area contributed by atoms with Crippen molar-refractivity contribution >= 4 is 17.3 Å². The molecule has 0 amide bonds. The molecule has 7 heteroatoms. The number of hydrogen-bond donors (Lipinski definition) is 0. The minimum absolute atomic E-state index is 0.263. The zero-order valence-electron chi connectivity index (χ0n) is 14.4. The van der Waals surface area contributed by atoms with E-state index in [0.29, 0.717) is 16.8 Å². The largest absolute Gasteiger partial charge is 0.465 e. The minimum atomic E-state index is -0.263. The van der Waals surface area contributed by atoms with Gasteiger partial charge < -0.3 is 9.30 Å². The number of hydrogen-bond acceptors (Lipinski definition) is 6. The summed E-state index contributed by atoms with van der Waals surface area (Å²) in [7, 11) is 1.42. The molecule has 0 bridgehead atoms. The summed E-state index contributed by atoms with van der Waals surface area (Å²) in [6, 6.07) is 4.17. The van der Waals surface area contributed by atoms with Crippen LogP contribution in [0.4, 0.5) is 0 Å². The number of likely N-dealkylation sites (tertiary alicyclic amines) is 1. The summed E-state index contributed by atoms with van der Waals surface area (Å²) in [6.45, 7) is 7.23. The van der Waals surface area contributed by atoms with Crippen molar-refractivity contribution in [1.82, 2.24) is 19.7 Å². The number of carbonyl (C=O) groups is 1. The fourth-order valence-electron chi connectivity index (χ4n) is 3.24. The van der Waals surface area contributed by atoms with Crippen LogP contribution in [0.2, 0.25) is 0 Å². The molecule has 1 saturated heterocycles. The first kappa shape index (κ1) is 17.1. The van der Waals surface area contributed by atoms with Crippen LogP contribution in [0.3, 0.4) is 0 Å². The van der Waals surface area contributed by atoms with Gasteiger partial charge in [0.15, 0.2) is 0 Å². The van der Waals surface area contributed by atoms with Crippen LogP contribution >= 0.6 is 11.3 Å². The van der Waals surface area contributed by atoms with E-state index < -0.39 is 0 Å². The zero-order chi connectivity index (χ0) is 17.1. The normalized spacial score (nSPS) is 18.4. The number of methoxy groups -OCH3 is 1. The molecule has 1 unspecified atom stereocenters. The average Bonchev–Trinajstić information content (AvgIpc) is 3.27. The lowest BCUT2D eigenvalue weighted by atomic mass is 10.2.